The summed E-state index contributed by atoms with van der Waals surface area (Å²) in [5, 5.41) is 11.5. The monoisotopic (exact) mass is 307 g/mol. The Hall–Kier alpha value is -2.04. The number of carboxylic acids is 1. The Labute approximate surface area is 131 Å². The molecule has 122 valence electrons. The minimum atomic E-state index is -0.994. The molecule has 1 aromatic carbocycles. The lowest BCUT2D eigenvalue weighted by atomic mass is 10.0. The number of amides is 1. The summed E-state index contributed by atoms with van der Waals surface area (Å²) in [6.07, 6.45) is 2.07. The molecular formula is C17H25NO4. The second-order valence-electron chi connectivity index (χ2n) is 5.49. The molecule has 1 aromatic rings. The van der Waals surface area contributed by atoms with Crippen LogP contribution in [-0.4, -0.2) is 30.1 Å². The number of rotatable bonds is 8. The molecular weight excluding hydrogens is 282 g/mol. The van der Waals surface area contributed by atoms with Gasteiger partial charge in [-0.2, -0.15) is 0 Å². The summed E-state index contributed by atoms with van der Waals surface area (Å²) in [7, 11) is 1.65. The number of carbonyl (C=O) groups is 2. The molecule has 0 aliphatic carbocycles. The highest BCUT2D eigenvalue weighted by Gasteiger charge is 2.17. The first-order valence-corrected chi connectivity index (χ1v) is 7.55. The smallest absolute Gasteiger partial charge is 0.326 e. The molecule has 0 fully saturated rings. The van der Waals surface area contributed by atoms with Crippen molar-refractivity contribution in [1.82, 2.24) is 5.32 Å². The number of hydrogen-bond donors (Lipinski definition) is 2. The molecule has 5 heteroatoms. The zero-order valence-electron chi connectivity index (χ0n) is 13.7. The topological polar surface area (TPSA) is 75.6 Å². The maximum atomic E-state index is 11.8. The van der Waals surface area contributed by atoms with Crippen LogP contribution in [0.2, 0.25) is 0 Å². The van der Waals surface area contributed by atoms with Gasteiger partial charge in [0.05, 0.1) is 7.11 Å². The van der Waals surface area contributed by atoms with E-state index in [0.717, 1.165) is 28.9 Å². The van der Waals surface area contributed by atoms with Gasteiger partial charge in [-0.15, -0.1) is 0 Å². The van der Waals surface area contributed by atoms with Gasteiger partial charge < -0.3 is 15.2 Å². The summed E-state index contributed by atoms with van der Waals surface area (Å²) in [5.41, 5.74) is 3.33. The Bertz CT molecular complexity index is 540. The first-order chi connectivity index (χ1) is 10.4. The van der Waals surface area contributed by atoms with Crippen LogP contribution in [0.25, 0.3) is 0 Å². The third-order valence-corrected chi connectivity index (χ3v) is 3.59. The fraction of sp³-hybridized carbons (Fsp3) is 0.529. The maximum absolute atomic E-state index is 11.8. The predicted molar refractivity (Wildman–Crippen MR) is 85.3 cm³/mol. The van der Waals surface area contributed by atoms with Crippen molar-refractivity contribution >= 4 is 11.9 Å². The Balaban J connectivity index is 2.57. The average Bonchev–Trinajstić information content (AvgIpc) is 2.44. The maximum Gasteiger partial charge on any atom is 0.326 e. The number of hydrogen-bond acceptors (Lipinski definition) is 3. The number of carboxylic acid groups (broad SMARTS) is 1. The highest BCUT2D eigenvalue weighted by molar-refractivity contribution is 5.83. The number of aryl methyl sites for hydroxylation is 3. The van der Waals surface area contributed by atoms with E-state index >= 15 is 0 Å². The van der Waals surface area contributed by atoms with E-state index in [4.69, 9.17) is 9.84 Å². The van der Waals surface area contributed by atoms with E-state index in [1.807, 2.05) is 13.8 Å². The van der Waals surface area contributed by atoms with Gasteiger partial charge in [0.15, 0.2) is 0 Å². The summed E-state index contributed by atoms with van der Waals surface area (Å²) in [4.78, 5) is 22.7. The highest BCUT2D eigenvalue weighted by Crippen LogP contribution is 2.26. The number of aliphatic carboxylic acids is 1. The predicted octanol–water partition coefficient (Wildman–Crippen LogP) is 2.61. The third kappa shape index (κ3) is 5.06. The standard InChI is InChI=1S/C17H25NO4/c1-5-14(17(20)21)18-15(19)8-6-7-13-10-11(2)9-12(3)16(13)22-4/h9-10,14H,5-8H2,1-4H3,(H,18,19)(H,20,21). The van der Waals surface area contributed by atoms with Gasteiger partial charge in [0.1, 0.15) is 11.8 Å². The lowest BCUT2D eigenvalue weighted by Gasteiger charge is -2.14. The van der Waals surface area contributed by atoms with Gasteiger partial charge in [-0.3, -0.25) is 4.79 Å². The van der Waals surface area contributed by atoms with Crippen LogP contribution < -0.4 is 10.1 Å². The molecule has 0 bridgehead atoms. The Morgan fingerprint density at radius 1 is 1.32 bits per heavy atom. The second-order valence-corrected chi connectivity index (χ2v) is 5.49. The molecule has 1 atom stereocenters. The molecule has 1 unspecified atom stereocenters. The van der Waals surface area contributed by atoms with Crippen molar-refractivity contribution in [3.05, 3.63) is 28.8 Å². The molecule has 1 rings (SSSR count). The van der Waals surface area contributed by atoms with Gasteiger partial charge in [0.2, 0.25) is 5.91 Å². The van der Waals surface area contributed by atoms with Crippen molar-refractivity contribution in [3.8, 4) is 5.75 Å². The zero-order valence-corrected chi connectivity index (χ0v) is 13.7. The van der Waals surface area contributed by atoms with Gasteiger partial charge >= 0.3 is 5.97 Å². The number of nitrogens with one attached hydrogen (secondary N) is 1. The second kappa shape index (κ2) is 8.41. The highest BCUT2D eigenvalue weighted by atomic mass is 16.5. The number of carbonyl (C=O) groups excluding carboxylic acids is 1. The molecule has 0 aliphatic heterocycles. The Morgan fingerprint density at radius 3 is 2.55 bits per heavy atom. The molecule has 0 aromatic heterocycles. The molecule has 2 N–H and O–H groups in total. The van der Waals surface area contributed by atoms with E-state index in [0.29, 0.717) is 19.3 Å². The van der Waals surface area contributed by atoms with Crippen LogP contribution in [-0.2, 0) is 16.0 Å². The normalized spacial score (nSPS) is 11.8. The lowest BCUT2D eigenvalue weighted by molar-refractivity contribution is -0.141. The van der Waals surface area contributed by atoms with Gasteiger partial charge in [0.25, 0.3) is 0 Å². The van der Waals surface area contributed by atoms with Crippen LogP contribution in [0.15, 0.2) is 12.1 Å². The Morgan fingerprint density at radius 2 is 2.00 bits per heavy atom. The molecule has 5 nitrogen and oxygen atoms in total. The molecule has 0 spiro atoms. The van der Waals surface area contributed by atoms with E-state index in [2.05, 4.69) is 17.4 Å². The van der Waals surface area contributed by atoms with Crippen LogP contribution in [0, 0.1) is 13.8 Å². The van der Waals surface area contributed by atoms with Crippen molar-refractivity contribution in [2.45, 2.75) is 52.5 Å². The van der Waals surface area contributed by atoms with Crippen LogP contribution in [0.4, 0.5) is 0 Å². The first kappa shape index (κ1) is 18.0. The van der Waals surface area contributed by atoms with Gasteiger partial charge in [-0.1, -0.05) is 24.6 Å². The van der Waals surface area contributed by atoms with E-state index < -0.39 is 12.0 Å². The first-order valence-electron chi connectivity index (χ1n) is 7.55. The van der Waals surface area contributed by atoms with Crippen molar-refractivity contribution in [1.29, 1.82) is 0 Å². The van der Waals surface area contributed by atoms with Crippen LogP contribution in [0.1, 0.15) is 42.9 Å². The van der Waals surface area contributed by atoms with Gasteiger partial charge in [0, 0.05) is 6.42 Å². The average molecular weight is 307 g/mol. The molecule has 0 heterocycles. The number of methoxy groups -OCH3 is 1. The summed E-state index contributed by atoms with van der Waals surface area (Å²) >= 11 is 0. The minimum absolute atomic E-state index is 0.224. The summed E-state index contributed by atoms with van der Waals surface area (Å²) in [6, 6.07) is 3.33. The van der Waals surface area contributed by atoms with E-state index in [-0.39, 0.29) is 5.91 Å². The SMILES string of the molecule is CCC(NC(=O)CCCc1cc(C)cc(C)c1OC)C(=O)O. The Kier molecular flexibility index (Phi) is 6.89. The number of ether oxygens (including phenoxy) is 1. The van der Waals surface area contributed by atoms with E-state index in [1.165, 1.54) is 0 Å². The molecule has 0 saturated carbocycles. The molecule has 0 aliphatic rings. The van der Waals surface area contributed by atoms with Crippen molar-refractivity contribution in [2.75, 3.05) is 7.11 Å². The van der Waals surface area contributed by atoms with Crippen molar-refractivity contribution in [2.24, 2.45) is 0 Å². The fourth-order valence-corrected chi connectivity index (χ4v) is 2.56. The molecule has 0 saturated heterocycles. The van der Waals surface area contributed by atoms with Crippen LogP contribution in [0.3, 0.4) is 0 Å². The third-order valence-electron chi connectivity index (χ3n) is 3.59. The van der Waals surface area contributed by atoms with Gasteiger partial charge in [-0.25, -0.2) is 4.79 Å². The molecule has 1 amide bonds. The largest absolute Gasteiger partial charge is 0.496 e. The summed E-state index contributed by atoms with van der Waals surface area (Å²) in [6.45, 7) is 5.77. The summed E-state index contributed by atoms with van der Waals surface area (Å²) in [5.74, 6) is -0.354. The quantitative estimate of drug-likeness (QED) is 0.774. The van der Waals surface area contributed by atoms with Crippen LogP contribution in [0.5, 0.6) is 5.75 Å². The fourth-order valence-electron chi connectivity index (χ4n) is 2.56. The van der Waals surface area contributed by atoms with Crippen molar-refractivity contribution < 1.29 is 19.4 Å². The van der Waals surface area contributed by atoms with Gasteiger partial charge in [-0.05, 0) is 44.2 Å². The minimum Gasteiger partial charge on any atom is -0.496 e. The molecule has 22 heavy (non-hydrogen) atoms. The van der Waals surface area contributed by atoms with Crippen LogP contribution >= 0.6 is 0 Å². The number of benzene rings is 1. The van der Waals surface area contributed by atoms with E-state index in [1.54, 1.807) is 14.0 Å². The lowest BCUT2D eigenvalue weighted by Crippen LogP contribution is -2.40. The van der Waals surface area contributed by atoms with E-state index in [9.17, 15) is 9.59 Å². The molecule has 0 radical (unpaired) electrons. The zero-order chi connectivity index (χ0) is 16.7. The summed E-state index contributed by atoms with van der Waals surface area (Å²) < 4.78 is 5.42. The van der Waals surface area contributed by atoms with Crippen molar-refractivity contribution in [3.63, 3.8) is 0 Å².